The second-order valence-corrected chi connectivity index (χ2v) is 10.00. The van der Waals surface area contributed by atoms with Gasteiger partial charge in [0.2, 0.25) is 0 Å². The summed E-state index contributed by atoms with van der Waals surface area (Å²) < 4.78 is 40.7. The normalized spacial score (nSPS) is 25.4. The molecule has 0 aliphatic carbocycles. The number of fused-ring (bicyclic) bond motifs is 2. The second kappa shape index (κ2) is 9.04. The van der Waals surface area contributed by atoms with E-state index in [1.54, 1.807) is 20.8 Å². The quantitative estimate of drug-likeness (QED) is 0.321. The van der Waals surface area contributed by atoms with Crippen molar-refractivity contribution in [2.24, 2.45) is 0 Å². The first-order valence-corrected chi connectivity index (χ1v) is 11.8. The van der Waals surface area contributed by atoms with Gasteiger partial charge < -0.3 is 9.64 Å². The molecule has 0 aromatic rings. The van der Waals surface area contributed by atoms with Crippen LogP contribution < -0.4 is 0 Å². The van der Waals surface area contributed by atoms with Crippen molar-refractivity contribution < 1.29 is 46.0 Å². The number of carbonyl (C=O) groups is 4. The van der Waals surface area contributed by atoms with Gasteiger partial charge in [-0.3, -0.25) is 23.9 Å². The number of amides is 5. The number of rotatable bonds is 5. The van der Waals surface area contributed by atoms with Gasteiger partial charge in [0.15, 0.2) is 0 Å². The maximum Gasteiger partial charge on any atom is 0.418 e. The Balaban J connectivity index is 1.74. The van der Waals surface area contributed by atoms with Crippen LogP contribution in [-0.2, 0) is 33.8 Å². The summed E-state index contributed by atoms with van der Waals surface area (Å²) in [5.74, 6) is -1.61. The summed E-state index contributed by atoms with van der Waals surface area (Å²) in [4.78, 5) is 58.8. The Kier molecular flexibility index (Phi) is 6.89. The highest BCUT2D eigenvalue weighted by atomic mass is 32.3. The van der Waals surface area contributed by atoms with Gasteiger partial charge in [-0.15, -0.1) is 4.28 Å². The largest absolute Gasteiger partial charge is 0.444 e. The van der Waals surface area contributed by atoms with E-state index < -0.39 is 58.1 Å². The maximum atomic E-state index is 13.2. The highest BCUT2D eigenvalue weighted by molar-refractivity contribution is 7.80. The first kappa shape index (κ1) is 25.1. The van der Waals surface area contributed by atoms with Crippen LogP contribution in [0.1, 0.15) is 46.5 Å². The fraction of sp³-hybridized carbons (Fsp3) is 0.778. The summed E-state index contributed by atoms with van der Waals surface area (Å²) in [5.41, 5.74) is -0.769. The lowest BCUT2D eigenvalue weighted by atomic mass is 10.00. The summed E-state index contributed by atoms with van der Waals surface area (Å²) in [7, 11) is -3.82. The fourth-order valence-corrected chi connectivity index (χ4v) is 4.60. The standard InChI is InChI=1S/C18H28N4O10S/c1-18(2,3)31-17(26)19-9-5-6-12(19)14(23)22(30-4)15(24)13-8-7-11-10-20(13)16(25)21(11)32-33(27,28)29/h11-13H,5-10H2,1-4H3,(H,27,28,29)/t11-,12+,13?/m1/s1. The summed E-state index contributed by atoms with van der Waals surface area (Å²) in [6.07, 6.45) is 0.437. The van der Waals surface area contributed by atoms with Gasteiger partial charge in [0, 0.05) is 13.1 Å². The Hall–Kier alpha value is -2.49. The molecule has 14 nitrogen and oxygen atoms in total. The molecule has 5 amide bonds. The lowest BCUT2D eigenvalue weighted by molar-refractivity contribution is -0.193. The van der Waals surface area contributed by atoms with Gasteiger partial charge >= 0.3 is 22.5 Å². The second-order valence-electron chi connectivity index (χ2n) is 9.00. The molecular weight excluding hydrogens is 464 g/mol. The van der Waals surface area contributed by atoms with E-state index in [1.807, 2.05) is 0 Å². The first-order chi connectivity index (χ1) is 15.2. The third-order valence-electron chi connectivity index (χ3n) is 5.53. The average molecular weight is 493 g/mol. The maximum absolute atomic E-state index is 13.2. The van der Waals surface area contributed by atoms with E-state index >= 15 is 0 Å². The van der Waals surface area contributed by atoms with Gasteiger partial charge in [0.05, 0.1) is 13.2 Å². The Morgan fingerprint density at radius 3 is 2.30 bits per heavy atom. The van der Waals surface area contributed by atoms with Gasteiger partial charge in [-0.05, 0) is 46.5 Å². The molecule has 3 aliphatic heterocycles. The summed E-state index contributed by atoms with van der Waals surface area (Å²) in [6, 6.07) is -3.72. The van der Waals surface area contributed by atoms with Crippen molar-refractivity contribution in [1.82, 2.24) is 19.9 Å². The smallest absolute Gasteiger partial charge is 0.418 e. The van der Waals surface area contributed by atoms with Gasteiger partial charge in [-0.25, -0.2) is 9.59 Å². The van der Waals surface area contributed by atoms with Crippen LogP contribution in [0.3, 0.4) is 0 Å². The van der Waals surface area contributed by atoms with E-state index in [1.165, 1.54) is 4.90 Å². The lowest BCUT2D eigenvalue weighted by Crippen LogP contribution is -2.56. The molecule has 3 saturated heterocycles. The first-order valence-electron chi connectivity index (χ1n) is 10.4. The summed E-state index contributed by atoms with van der Waals surface area (Å²) in [6.45, 7) is 5.32. The highest BCUT2D eigenvalue weighted by Crippen LogP contribution is 2.32. The van der Waals surface area contributed by atoms with E-state index in [0.29, 0.717) is 23.0 Å². The predicted molar refractivity (Wildman–Crippen MR) is 108 cm³/mol. The zero-order valence-electron chi connectivity index (χ0n) is 18.8. The minimum Gasteiger partial charge on any atom is -0.444 e. The number of carbonyl (C=O) groups excluding carboxylic acids is 4. The zero-order valence-corrected chi connectivity index (χ0v) is 19.6. The van der Waals surface area contributed by atoms with E-state index in [2.05, 4.69) is 4.28 Å². The molecule has 3 atom stereocenters. The highest BCUT2D eigenvalue weighted by Gasteiger charge is 2.51. The number of nitrogens with zero attached hydrogens (tertiary/aromatic N) is 4. The molecule has 3 aliphatic rings. The molecular formula is C18H28N4O10S. The molecule has 3 fully saturated rings. The van der Waals surface area contributed by atoms with Crippen LogP contribution in [0.15, 0.2) is 0 Å². The molecule has 1 N–H and O–H groups in total. The summed E-state index contributed by atoms with van der Waals surface area (Å²) >= 11 is 0. The molecule has 15 heteroatoms. The molecule has 186 valence electrons. The Bertz CT molecular complexity index is 933. The molecule has 0 spiro atoms. The van der Waals surface area contributed by atoms with Gasteiger partial charge in [0.25, 0.3) is 11.8 Å². The van der Waals surface area contributed by atoms with Crippen LogP contribution in [0.2, 0.25) is 0 Å². The molecule has 0 saturated carbocycles. The molecule has 1 unspecified atom stereocenters. The van der Waals surface area contributed by atoms with Crippen LogP contribution >= 0.6 is 0 Å². The van der Waals surface area contributed by atoms with Crippen molar-refractivity contribution in [3.8, 4) is 0 Å². The molecule has 2 bridgehead atoms. The number of urea groups is 1. The van der Waals surface area contributed by atoms with Crippen LogP contribution in [0.5, 0.6) is 0 Å². The zero-order chi connectivity index (χ0) is 24.7. The predicted octanol–water partition coefficient (Wildman–Crippen LogP) is 0.306. The monoisotopic (exact) mass is 492 g/mol. The van der Waals surface area contributed by atoms with Crippen molar-refractivity contribution in [2.75, 3.05) is 20.2 Å². The number of hydrogen-bond donors (Lipinski definition) is 1. The van der Waals surface area contributed by atoms with E-state index in [9.17, 15) is 27.6 Å². The number of hydroxylamine groups is 4. The van der Waals surface area contributed by atoms with E-state index in [0.717, 1.165) is 12.0 Å². The number of ether oxygens (including phenoxy) is 1. The fourth-order valence-electron chi connectivity index (χ4n) is 4.21. The van der Waals surface area contributed by atoms with Crippen LogP contribution in [-0.4, -0.2) is 101 Å². The summed E-state index contributed by atoms with van der Waals surface area (Å²) in [5, 5.41) is 1.03. The molecule has 0 aromatic heterocycles. The Morgan fingerprint density at radius 1 is 1.09 bits per heavy atom. The van der Waals surface area contributed by atoms with Crippen molar-refractivity contribution in [1.29, 1.82) is 0 Å². The number of hydrogen-bond acceptors (Lipinski definition) is 9. The molecule has 0 radical (unpaired) electrons. The molecule has 3 heterocycles. The molecule has 3 rings (SSSR count). The lowest BCUT2D eigenvalue weighted by Gasteiger charge is -2.34. The Labute approximate surface area is 191 Å². The van der Waals surface area contributed by atoms with Gasteiger partial charge in [-0.1, -0.05) is 0 Å². The van der Waals surface area contributed by atoms with Crippen LogP contribution in [0.4, 0.5) is 9.59 Å². The molecule has 0 aromatic carbocycles. The van der Waals surface area contributed by atoms with Crippen molar-refractivity contribution in [3.05, 3.63) is 0 Å². The number of imide groups is 1. The number of likely N-dealkylation sites (tertiary alicyclic amines) is 1. The van der Waals surface area contributed by atoms with Crippen molar-refractivity contribution >= 4 is 34.3 Å². The van der Waals surface area contributed by atoms with Crippen LogP contribution in [0, 0.1) is 0 Å². The van der Waals surface area contributed by atoms with Crippen molar-refractivity contribution in [3.63, 3.8) is 0 Å². The van der Waals surface area contributed by atoms with E-state index in [4.69, 9.17) is 14.1 Å². The minimum atomic E-state index is -4.93. The topological polar surface area (TPSA) is 163 Å². The Morgan fingerprint density at radius 2 is 1.73 bits per heavy atom. The third kappa shape index (κ3) is 5.37. The number of piperidine rings is 1. The van der Waals surface area contributed by atoms with Gasteiger partial charge in [-0.2, -0.15) is 18.5 Å². The van der Waals surface area contributed by atoms with Gasteiger partial charge in [0.1, 0.15) is 17.7 Å². The average Bonchev–Trinajstić information content (AvgIpc) is 3.26. The SMILES string of the molecule is CON(C(=O)C1CC[C@@H]2CN1C(=O)N2OS(=O)(=O)O)C(=O)[C@@H]1CCCN1C(=O)OC(C)(C)C. The van der Waals surface area contributed by atoms with Crippen molar-refractivity contribution in [2.45, 2.75) is 70.2 Å². The third-order valence-corrected chi connectivity index (χ3v) is 5.88. The van der Waals surface area contributed by atoms with Crippen LogP contribution in [0.25, 0.3) is 0 Å². The van der Waals surface area contributed by atoms with E-state index in [-0.39, 0.29) is 25.9 Å². The minimum absolute atomic E-state index is 0.0377. The molecule has 33 heavy (non-hydrogen) atoms.